The van der Waals surface area contributed by atoms with Crippen LogP contribution in [-0.4, -0.2) is 12.5 Å². The average molecular weight is 237 g/mol. The van der Waals surface area contributed by atoms with Gasteiger partial charge in [-0.3, -0.25) is 4.79 Å². The molecule has 0 spiro atoms. The predicted octanol–water partition coefficient (Wildman–Crippen LogP) is 0.134. The third-order valence-electron chi connectivity index (χ3n) is 2.90. The van der Waals surface area contributed by atoms with Crippen LogP contribution in [0.4, 0.5) is 0 Å². The second-order valence-electron chi connectivity index (χ2n) is 4.28. The van der Waals surface area contributed by atoms with Gasteiger partial charge < -0.3 is 6.74 Å². The Balaban J connectivity index is 0. The van der Waals surface area contributed by atoms with Gasteiger partial charge in [-0.15, -0.1) is 0 Å². The molecule has 1 rings (SSSR count). The van der Waals surface area contributed by atoms with E-state index in [-0.39, 0.29) is 58.7 Å². The van der Waals surface area contributed by atoms with Crippen molar-refractivity contribution < 1.29 is 57.6 Å². The summed E-state index contributed by atoms with van der Waals surface area (Å²) in [4.78, 5) is 11.3. The molecule has 2 nitrogen and oxygen atoms in total. The summed E-state index contributed by atoms with van der Waals surface area (Å²) >= 11 is 0. The second kappa shape index (κ2) is 11.6. The van der Waals surface area contributed by atoms with Crippen LogP contribution < -0.4 is 56.7 Å². The van der Waals surface area contributed by atoms with Crippen LogP contribution in [0.25, 0.3) is 0 Å². The van der Waals surface area contributed by atoms with E-state index < -0.39 is 0 Å². The Morgan fingerprint density at radius 3 is 1.87 bits per heavy atom. The Labute approximate surface area is 138 Å². The number of carbonyl (C=O) groups excluding carboxylic acids is 1. The number of rotatable bonds is 0. The summed E-state index contributed by atoms with van der Waals surface area (Å²) in [6, 6.07) is 0. The van der Waals surface area contributed by atoms with Crippen LogP contribution in [0, 0.1) is 0 Å². The molecule has 15 heavy (non-hydrogen) atoms. The maximum atomic E-state index is 11.3. The number of nitrogens with one attached hydrogen (secondary N) is 1. The molecule has 1 saturated heterocycles. The molecule has 0 atom stereocenters. The Hall–Kier alpha value is 1.11. The summed E-state index contributed by atoms with van der Waals surface area (Å²) in [5.74, 6) is 0.254. The third kappa shape index (κ3) is 10.0. The molecule has 0 unspecified atom stereocenters. The van der Waals surface area contributed by atoms with E-state index in [1.807, 2.05) is 0 Å². The van der Waals surface area contributed by atoms with E-state index >= 15 is 0 Å². The second-order valence-corrected chi connectivity index (χ2v) is 4.28. The van der Waals surface area contributed by atoms with Crippen LogP contribution in [0.5, 0.6) is 0 Å². The van der Waals surface area contributed by atoms with Gasteiger partial charge in [-0.25, -0.2) is 0 Å². The Kier molecular flexibility index (Phi) is 12.4. The summed E-state index contributed by atoms with van der Waals surface area (Å²) in [6.07, 6.45) is 12.3. The van der Waals surface area contributed by atoms with Gasteiger partial charge in [-0.2, -0.15) is 0 Å². The molecule has 1 heterocycles. The fraction of sp³-hybridized carbons (Fsp3) is 0.917. The van der Waals surface area contributed by atoms with Crippen LogP contribution in [0.1, 0.15) is 65.6 Å². The van der Waals surface area contributed by atoms with Crippen molar-refractivity contribution in [2.75, 3.05) is 6.54 Å². The maximum Gasteiger partial charge on any atom is 1.00 e. The number of hydrogen-bond acceptors (Lipinski definition) is 1. The number of amides is 1. The Morgan fingerprint density at radius 2 is 1.27 bits per heavy atom. The van der Waals surface area contributed by atoms with Gasteiger partial charge in [0.2, 0.25) is 5.91 Å². The van der Waals surface area contributed by atoms with Gasteiger partial charge >= 0.3 is 51.4 Å². The topological polar surface area (TPSA) is 29.1 Å². The number of carbonyl (C=O) groups is 1. The van der Waals surface area contributed by atoms with Gasteiger partial charge in [0.05, 0.1) is 0 Å². The fourth-order valence-corrected chi connectivity index (χ4v) is 1.96. The normalized spacial score (nSPS) is 21.2. The van der Waals surface area contributed by atoms with Crippen molar-refractivity contribution >= 4 is 5.91 Å². The van der Waals surface area contributed by atoms with Crippen LogP contribution in [0.3, 0.4) is 0 Å². The quantitative estimate of drug-likeness (QED) is 0.596. The first kappa shape index (κ1) is 16.1. The van der Waals surface area contributed by atoms with Crippen LogP contribution in [0.2, 0.25) is 0 Å². The molecule has 0 aliphatic carbocycles. The molecule has 0 radical (unpaired) electrons. The molecular weight excluding hydrogens is 213 g/mol. The molecule has 0 aromatic carbocycles. The SMILES string of the molecule is O=C1CCCCCCCCCCCN1.[H-].[K+]. The summed E-state index contributed by atoms with van der Waals surface area (Å²) in [5.41, 5.74) is 0. The molecule has 84 valence electrons. The first-order valence-electron chi connectivity index (χ1n) is 6.16. The molecule has 0 bridgehead atoms. The van der Waals surface area contributed by atoms with E-state index in [2.05, 4.69) is 5.32 Å². The number of hydrogen-bond donors (Lipinski definition) is 1. The maximum absolute atomic E-state index is 11.3. The summed E-state index contributed by atoms with van der Waals surface area (Å²) < 4.78 is 0. The summed E-state index contributed by atoms with van der Waals surface area (Å²) in [5, 5.41) is 2.98. The third-order valence-corrected chi connectivity index (χ3v) is 2.90. The molecule has 3 heteroatoms. The Bertz CT molecular complexity index is 151. The van der Waals surface area contributed by atoms with Crippen molar-refractivity contribution in [3.8, 4) is 0 Å². The predicted molar refractivity (Wildman–Crippen MR) is 60.3 cm³/mol. The van der Waals surface area contributed by atoms with Gasteiger partial charge in [-0.1, -0.05) is 44.9 Å². The van der Waals surface area contributed by atoms with Crippen molar-refractivity contribution in [1.29, 1.82) is 0 Å². The molecule has 0 aromatic rings. The zero-order valence-electron chi connectivity index (χ0n) is 11.2. The minimum atomic E-state index is 0. The summed E-state index contributed by atoms with van der Waals surface area (Å²) in [6.45, 7) is 0.888. The first-order chi connectivity index (χ1) is 6.89. The zero-order valence-corrected chi connectivity index (χ0v) is 13.3. The smallest absolute Gasteiger partial charge is 1.00 e. The van der Waals surface area contributed by atoms with Gasteiger partial charge in [0.1, 0.15) is 0 Å². The van der Waals surface area contributed by atoms with Gasteiger partial charge in [0, 0.05) is 13.0 Å². The molecule has 0 aromatic heterocycles. The van der Waals surface area contributed by atoms with Crippen molar-refractivity contribution in [1.82, 2.24) is 5.32 Å². The van der Waals surface area contributed by atoms with E-state index in [1.54, 1.807) is 0 Å². The van der Waals surface area contributed by atoms with Gasteiger partial charge in [0.25, 0.3) is 0 Å². The minimum Gasteiger partial charge on any atom is -1.00 e. The van der Waals surface area contributed by atoms with Crippen molar-refractivity contribution in [3.63, 3.8) is 0 Å². The molecular formula is C12H24KNO. The Morgan fingerprint density at radius 1 is 0.800 bits per heavy atom. The largest absolute Gasteiger partial charge is 1.00 e. The van der Waals surface area contributed by atoms with E-state index in [0.717, 1.165) is 25.8 Å². The van der Waals surface area contributed by atoms with Gasteiger partial charge in [-0.05, 0) is 12.8 Å². The molecule has 1 aliphatic rings. The van der Waals surface area contributed by atoms with Crippen molar-refractivity contribution in [2.24, 2.45) is 0 Å². The van der Waals surface area contributed by atoms with E-state index in [9.17, 15) is 4.79 Å². The van der Waals surface area contributed by atoms with Crippen LogP contribution in [0.15, 0.2) is 0 Å². The summed E-state index contributed by atoms with van der Waals surface area (Å²) in [7, 11) is 0. The van der Waals surface area contributed by atoms with Crippen molar-refractivity contribution in [2.45, 2.75) is 64.2 Å². The average Bonchev–Trinajstić information content (AvgIpc) is 2.20. The molecule has 1 aliphatic heterocycles. The zero-order chi connectivity index (χ0) is 10.1. The fourth-order valence-electron chi connectivity index (χ4n) is 1.96. The standard InChI is InChI=1S/C12H23NO.K.H/c14-12-10-8-6-4-2-1-3-5-7-9-11-13-12;;/h1-11H2,(H,13,14);;/q;+1;-1. The molecule has 1 amide bonds. The van der Waals surface area contributed by atoms with Crippen LogP contribution in [-0.2, 0) is 4.79 Å². The minimum absolute atomic E-state index is 0. The first-order valence-corrected chi connectivity index (χ1v) is 6.16. The van der Waals surface area contributed by atoms with Gasteiger partial charge in [0.15, 0.2) is 0 Å². The molecule has 1 N–H and O–H groups in total. The molecule has 0 saturated carbocycles. The van der Waals surface area contributed by atoms with E-state index in [4.69, 9.17) is 0 Å². The van der Waals surface area contributed by atoms with Crippen LogP contribution >= 0.6 is 0 Å². The van der Waals surface area contributed by atoms with Crippen molar-refractivity contribution in [3.05, 3.63) is 0 Å². The van der Waals surface area contributed by atoms with E-state index in [0.29, 0.717) is 0 Å². The monoisotopic (exact) mass is 237 g/mol. The molecule has 1 fully saturated rings. The van der Waals surface area contributed by atoms with E-state index in [1.165, 1.54) is 44.9 Å².